The van der Waals surface area contributed by atoms with Crippen molar-refractivity contribution in [2.75, 3.05) is 6.61 Å². The van der Waals surface area contributed by atoms with Crippen LogP contribution in [0.15, 0.2) is 60.7 Å². The van der Waals surface area contributed by atoms with Gasteiger partial charge in [0, 0.05) is 12.1 Å². The van der Waals surface area contributed by atoms with Crippen LogP contribution in [0.4, 0.5) is 8.78 Å². The molecular weight excluding hydrogens is 346 g/mol. The van der Waals surface area contributed by atoms with Gasteiger partial charge in [0.15, 0.2) is 0 Å². The molecule has 27 heavy (non-hydrogen) atoms. The number of benzene rings is 3. The SMILES string of the molecule is CCC(C)COc1ccc(-c2ccc(-c3c(F)cc(O)cc3F)cc2)cc1. The molecule has 0 fully saturated rings. The third-order valence-corrected chi connectivity index (χ3v) is 4.62. The van der Waals surface area contributed by atoms with Crippen molar-refractivity contribution >= 4 is 0 Å². The van der Waals surface area contributed by atoms with E-state index in [4.69, 9.17) is 4.74 Å². The monoisotopic (exact) mass is 368 g/mol. The zero-order valence-electron chi connectivity index (χ0n) is 15.4. The topological polar surface area (TPSA) is 29.5 Å². The van der Waals surface area contributed by atoms with E-state index in [1.54, 1.807) is 12.1 Å². The molecule has 0 aromatic heterocycles. The smallest absolute Gasteiger partial charge is 0.137 e. The molecule has 0 aliphatic rings. The molecule has 0 saturated carbocycles. The summed E-state index contributed by atoms with van der Waals surface area (Å²) >= 11 is 0. The molecule has 0 radical (unpaired) electrons. The highest BCUT2D eigenvalue weighted by molar-refractivity contribution is 5.71. The average molecular weight is 368 g/mol. The Bertz CT molecular complexity index is 880. The minimum absolute atomic E-state index is 0.145. The summed E-state index contributed by atoms with van der Waals surface area (Å²) in [6, 6.07) is 16.5. The van der Waals surface area contributed by atoms with Crippen molar-refractivity contribution in [1.29, 1.82) is 0 Å². The van der Waals surface area contributed by atoms with Crippen molar-refractivity contribution < 1.29 is 18.6 Å². The lowest BCUT2D eigenvalue weighted by atomic mass is 9.99. The average Bonchev–Trinajstić information content (AvgIpc) is 2.66. The Morgan fingerprint density at radius 1 is 0.852 bits per heavy atom. The molecule has 0 aliphatic heterocycles. The third kappa shape index (κ3) is 4.45. The highest BCUT2D eigenvalue weighted by Gasteiger charge is 2.13. The first kappa shape index (κ1) is 18.9. The van der Waals surface area contributed by atoms with Crippen molar-refractivity contribution in [2.45, 2.75) is 20.3 Å². The fourth-order valence-corrected chi connectivity index (χ4v) is 2.76. The van der Waals surface area contributed by atoms with Crippen molar-refractivity contribution in [3.05, 3.63) is 72.3 Å². The number of ether oxygens (including phenoxy) is 1. The number of phenolic OH excluding ortho intramolecular Hbond substituents is 1. The second-order valence-corrected chi connectivity index (χ2v) is 6.71. The summed E-state index contributed by atoms with van der Waals surface area (Å²) in [6.07, 6.45) is 1.08. The number of hydrogen-bond acceptors (Lipinski definition) is 2. The first-order valence-corrected chi connectivity index (χ1v) is 8.99. The van der Waals surface area contributed by atoms with Crippen LogP contribution in [0.5, 0.6) is 11.5 Å². The Kier molecular flexibility index (Phi) is 5.75. The molecule has 3 aromatic carbocycles. The highest BCUT2D eigenvalue weighted by Crippen LogP contribution is 2.31. The lowest BCUT2D eigenvalue weighted by Gasteiger charge is -2.11. The summed E-state index contributed by atoms with van der Waals surface area (Å²) in [5.74, 6) is -0.672. The Hall–Kier alpha value is -2.88. The van der Waals surface area contributed by atoms with Crippen LogP contribution in [-0.2, 0) is 0 Å². The molecule has 1 N–H and O–H groups in total. The van der Waals surface area contributed by atoms with E-state index in [-0.39, 0.29) is 5.56 Å². The van der Waals surface area contributed by atoms with E-state index in [9.17, 15) is 13.9 Å². The number of halogens is 2. The van der Waals surface area contributed by atoms with Gasteiger partial charge >= 0.3 is 0 Å². The third-order valence-electron chi connectivity index (χ3n) is 4.62. The predicted molar refractivity (Wildman–Crippen MR) is 104 cm³/mol. The van der Waals surface area contributed by atoms with Gasteiger partial charge in [-0.15, -0.1) is 0 Å². The quantitative estimate of drug-likeness (QED) is 0.543. The second-order valence-electron chi connectivity index (χ2n) is 6.71. The van der Waals surface area contributed by atoms with Crippen LogP contribution in [0.2, 0.25) is 0 Å². The van der Waals surface area contributed by atoms with Gasteiger partial charge in [0.25, 0.3) is 0 Å². The first-order chi connectivity index (χ1) is 13.0. The van der Waals surface area contributed by atoms with Crippen molar-refractivity contribution in [1.82, 2.24) is 0 Å². The molecule has 3 rings (SSSR count). The molecule has 0 bridgehead atoms. The van der Waals surface area contributed by atoms with Crippen LogP contribution in [-0.4, -0.2) is 11.7 Å². The summed E-state index contributed by atoms with van der Waals surface area (Å²) in [6.45, 7) is 4.97. The van der Waals surface area contributed by atoms with Gasteiger partial charge in [-0.2, -0.15) is 0 Å². The molecular formula is C23H22F2O2. The van der Waals surface area contributed by atoms with E-state index in [0.29, 0.717) is 18.1 Å². The highest BCUT2D eigenvalue weighted by atomic mass is 19.1. The van der Waals surface area contributed by atoms with Crippen molar-refractivity contribution in [2.24, 2.45) is 5.92 Å². The number of hydrogen-bond donors (Lipinski definition) is 1. The van der Waals surface area contributed by atoms with Crippen LogP contribution in [0, 0.1) is 17.6 Å². The maximum absolute atomic E-state index is 14.0. The molecule has 2 nitrogen and oxygen atoms in total. The zero-order valence-corrected chi connectivity index (χ0v) is 15.4. The largest absolute Gasteiger partial charge is 0.508 e. The van der Waals surface area contributed by atoms with E-state index in [2.05, 4.69) is 13.8 Å². The molecule has 3 aromatic rings. The van der Waals surface area contributed by atoms with Gasteiger partial charge in [-0.3, -0.25) is 0 Å². The van der Waals surface area contributed by atoms with Crippen molar-refractivity contribution in [3.63, 3.8) is 0 Å². The molecule has 0 aliphatic carbocycles. The maximum atomic E-state index is 14.0. The minimum Gasteiger partial charge on any atom is -0.508 e. The van der Waals surface area contributed by atoms with Gasteiger partial charge < -0.3 is 9.84 Å². The lowest BCUT2D eigenvalue weighted by molar-refractivity contribution is 0.256. The summed E-state index contributed by atoms with van der Waals surface area (Å²) < 4.78 is 33.8. The molecule has 1 atom stereocenters. The van der Waals surface area contributed by atoms with E-state index >= 15 is 0 Å². The number of phenols is 1. The fourth-order valence-electron chi connectivity index (χ4n) is 2.76. The van der Waals surface area contributed by atoms with Gasteiger partial charge in [-0.05, 0) is 34.7 Å². The number of aromatic hydroxyl groups is 1. The second kappa shape index (κ2) is 8.21. The lowest BCUT2D eigenvalue weighted by Crippen LogP contribution is -2.06. The van der Waals surface area contributed by atoms with Gasteiger partial charge in [-0.25, -0.2) is 8.78 Å². The molecule has 140 valence electrons. The summed E-state index contributed by atoms with van der Waals surface area (Å²) in [5, 5.41) is 9.27. The predicted octanol–water partition coefficient (Wildman–Crippen LogP) is 6.43. The van der Waals surface area contributed by atoms with Crippen LogP contribution in [0.25, 0.3) is 22.3 Å². The zero-order chi connectivity index (χ0) is 19.4. The summed E-state index contributed by atoms with van der Waals surface area (Å²) in [7, 11) is 0. The molecule has 0 saturated heterocycles. The standard InChI is InChI=1S/C23H22F2O2/c1-3-15(2)14-27-20-10-8-17(9-11-20)16-4-6-18(7-5-16)23-21(24)12-19(26)13-22(23)25/h4-13,15,26H,3,14H2,1-2H3. The van der Waals surface area contributed by atoms with Gasteiger partial charge in [0.05, 0.1) is 12.2 Å². The van der Waals surface area contributed by atoms with Gasteiger partial charge in [-0.1, -0.05) is 56.7 Å². The maximum Gasteiger partial charge on any atom is 0.137 e. The Balaban J connectivity index is 1.78. The minimum atomic E-state index is -0.789. The van der Waals surface area contributed by atoms with E-state index < -0.39 is 17.4 Å². The van der Waals surface area contributed by atoms with Gasteiger partial charge in [0.2, 0.25) is 0 Å². The van der Waals surface area contributed by atoms with Crippen LogP contribution in [0.3, 0.4) is 0 Å². The summed E-state index contributed by atoms with van der Waals surface area (Å²) in [4.78, 5) is 0. The van der Waals surface area contributed by atoms with E-state index in [1.165, 1.54) is 0 Å². The molecule has 1 unspecified atom stereocenters. The van der Waals surface area contributed by atoms with Crippen molar-refractivity contribution in [3.8, 4) is 33.8 Å². The normalized spacial score (nSPS) is 12.0. The van der Waals surface area contributed by atoms with Crippen LogP contribution in [0.1, 0.15) is 20.3 Å². The Labute approximate surface area is 158 Å². The molecule has 4 heteroatoms. The van der Waals surface area contributed by atoms with E-state index in [0.717, 1.165) is 35.4 Å². The molecule has 0 amide bonds. The Morgan fingerprint density at radius 2 is 1.33 bits per heavy atom. The Morgan fingerprint density at radius 3 is 1.85 bits per heavy atom. The molecule has 0 spiro atoms. The fraction of sp³-hybridized carbons (Fsp3) is 0.217. The van der Waals surface area contributed by atoms with Crippen LogP contribution < -0.4 is 4.74 Å². The van der Waals surface area contributed by atoms with E-state index in [1.807, 2.05) is 36.4 Å². The van der Waals surface area contributed by atoms with Crippen LogP contribution >= 0.6 is 0 Å². The number of rotatable bonds is 6. The first-order valence-electron chi connectivity index (χ1n) is 8.99. The van der Waals surface area contributed by atoms with Gasteiger partial charge in [0.1, 0.15) is 23.1 Å². The molecule has 0 heterocycles. The summed E-state index contributed by atoms with van der Waals surface area (Å²) in [5.41, 5.74) is 2.20.